The van der Waals surface area contributed by atoms with Crippen LogP contribution in [0, 0.1) is 6.57 Å². The predicted octanol–water partition coefficient (Wildman–Crippen LogP) is 4.93. The Kier molecular flexibility index (Phi) is 6.33. The first-order valence-electron chi connectivity index (χ1n) is 11.1. The minimum Gasteiger partial charge on any atom is -0.366 e. The summed E-state index contributed by atoms with van der Waals surface area (Å²) in [5, 5.41) is 1.79. The van der Waals surface area contributed by atoms with Gasteiger partial charge in [-0.25, -0.2) is 13.3 Å². The van der Waals surface area contributed by atoms with Crippen molar-refractivity contribution in [3.05, 3.63) is 100 Å². The standard InChI is InChI=1S/C26H24N4O2S2/c1-27-23-9-10-25-22(15-23)18-30(34(31,32)26-8-5-13-33-26)24(14-20-6-3-2-4-7-20)19-29(25)17-21-11-12-28-16-21/h2-13,15,24H,14,16-19H2. The van der Waals surface area contributed by atoms with E-state index in [-0.39, 0.29) is 12.6 Å². The average molecular weight is 489 g/mol. The molecule has 2 aliphatic heterocycles. The summed E-state index contributed by atoms with van der Waals surface area (Å²) < 4.78 is 29.7. The Morgan fingerprint density at radius 1 is 1.12 bits per heavy atom. The highest BCUT2D eigenvalue weighted by Crippen LogP contribution is 2.35. The number of anilines is 1. The predicted molar refractivity (Wildman–Crippen MR) is 137 cm³/mol. The Morgan fingerprint density at radius 3 is 2.68 bits per heavy atom. The van der Waals surface area contributed by atoms with Gasteiger partial charge in [0.05, 0.1) is 13.1 Å². The molecule has 2 aromatic carbocycles. The number of allylic oxidation sites excluding steroid dienone is 1. The molecule has 0 saturated carbocycles. The van der Waals surface area contributed by atoms with E-state index in [9.17, 15) is 8.42 Å². The summed E-state index contributed by atoms with van der Waals surface area (Å²) in [5.41, 5.74) is 4.62. The fourth-order valence-corrected chi connectivity index (χ4v) is 7.27. The van der Waals surface area contributed by atoms with Crippen molar-refractivity contribution in [1.82, 2.24) is 4.31 Å². The van der Waals surface area contributed by atoms with Gasteiger partial charge in [0.1, 0.15) is 4.21 Å². The van der Waals surface area contributed by atoms with Gasteiger partial charge in [-0.1, -0.05) is 42.5 Å². The molecular weight excluding hydrogens is 464 g/mol. The molecule has 5 rings (SSSR count). The Hall–Kier alpha value is -3.25. The highest BCUT2D eigenvalue weighted by atomic mass is 32.2. The Labute approximate surface area is 204 Å². The highest BCUT2D eigenvalue weighted by molar-refractivity contribution is 7.91. The Bertz CT molecular complexity index is 1370. The Balaban J connectivity index is 1.60. The van der Waals surface area contributed by atoms with Gasteiger partial charge < -0.3 is 4.90 Å². The minimum atomic E-state index is -3.72. The van der Waals surface area contributed by atoms with E-state index in [1.807, 2.05) is 60.8 Å². The number of rotatable bonds is 6. The second kappa shape index (κ2) is 9.55. The van der Waals surface area contributed by atoms with Gasteiger partial charge >= 0.3 is 0 Å². The van der Waals surface area contributed by atoms with Crippen molar-refractivity contribution in [3.63, 3.8) is 0 Å². The maximum atomic E-state index is 13.8. The zero-order chi connectivity index (χ0) is 23.5. The average Bonchev–Trinajstić information content (AvgIpc) is 3.55. The van der Waals surface area contributed by atoms with E-state index in [0.29, 0.717) is 36.0 Å². The number of nitrogens with zero attached hydrogens (tertiary/aromatic N) is 4. The van der Waals surface area contributed by atoms with Crippen LogP contribution in [0.5, 0.6) is 0 Å². The zero-order valence-corrected chi connectivity index (χ0v) is 20.2. The van der Waals surface area contributed by atoms with Gasteiger partial charge in [-0.2, -0.15) is 4.31 Å². The summed E-state index contributed by atoms with van der Waals surface area (Å²) in [7, 11) is -3.72. The van der Waals surface area contributed by atoms with Gasteiger partial charge in [0.15, 0.2) is 5.69 Å². The summed E-state index contributed by atoms with van der Waals surface area (Å²) in [6, 6.07) is 18.8. The molecule has 1 unspecified atom stereocenters. The molecule has 8 heteroatoms. The van der Waals surface area contributed by atoms with Crippen LogP contribution in [0.1, 0.15) is 11.1 Å². The van der Waals surface area contributed by atoms with Crippen molar-refractivity contribution < 1.29 is 8.42 Å². The molecule has 34 heavy (non-hydrogen) atoms. The van der Waals surface area contributed by atoms with Crippen LogP contribution in [0.2, 0.25) is 0 Å². The quantitative estimate of drug-likeness (QED) is 0.462. The first-order valence-corrected chi connectivity index (χ1v) is 13.4. The van der Waals surface area contributed by atoms with Crippen LogP contribution in [-0.2, 0) is 23.0 Å². The van der Waals surface area contributed by atoms with Gasteiger partial charge in [-0.3, -0.25) is 4.99 Å². The third-order valence-electron chi connectivity index (χ3n) is 6.17. The van der Waals surface area contributed by atoms with E-state index >= 15 is 0 Å². The Morgan fingerprint density at radius 2 is 1.97 bits per heavy atom. The van der Waals surface area contributed by atoms with Gasteiger partial charge in [-0.15, -0.1) is 11.3 Å². The lowest BCUT2D eigenvalue weighted by atomic mass is 10.1. The van der Waals surface area contributed by atoms with Crippen molar-refractivity contribution in [2.45, 2.75) is 23.2 Å². The number of aliphatic imine (C=N–C) groups is 1. The van der Waals surface area contributed by atoms with E-state index in [1.54, 1.807) is 21.8 Å². The topological polar surface area (TPSA) is 57.3 Å². The van der Waals surface area contributed by atoms with Gasteiger partial charge in [-0.05, 0) is 52.8 Å². The summed E-state index contributed by atoms with van der Waals surface area (Å²) >= 11 is 1.24. The van der Waals surface area contributed by atoms with Crippen LogP contribution in [-0.4, -0.2) is 44.6 Å². The van der Waals surface area contributed by atoms with E-state index in [1.165, 1.54) is 16.9 Å². The lowest BCUT2D eigenvalue weighted by Crippen LogP contribution is -2.46. The molecule has 0 radical (unpaired) electrons. The minimum absolute atomic E-state index is 0.225. The SMILES string of the molecule is [C-]#[N+]c1ccc2c(c1)CN(S(=O)(=O)c1cccs1)C(Cc1ccccc1)CN2CC1=CC=NC1. The third-order valence-corrected chi connectivity index (χ3v) is 9.45. The van der Waals surface area contributed by atoms with Crippen LogP contribution in [0.4, 0.5) is 11.4 Å². The largest absolute Gasteiger partial charge is 0.366 e. The highest BCUT2D eigenvalue weighted by Gasteiger charge is 2.37. The molecule has 0 spiro atoms. The molecule has 0 saturated heterocycles. The smallest absolute Gasteiger partial charge is 0.253 e. The monoisotopic (exact) mass is 488 g/mol. The summed E-state index contributed by atoms with van der Waals surface area (Å²) in [5.74, 6) is 0. The number of hydrogen-bond acceptors (Lipinski definition) is 5. The second-order valence-corrected chi connectivity index (χ2v) is 11.5. The molecule has 0 N–H and O–H groups in total. The van der Waals surface area contributed by atoms with Gasteiger partial charge in [0.2, 0.25) is 0 Å². The normalized spacial score (nSPS) is 18.3. The van der Waals surface area contributed by atoms with Crippen LogP contribution in [0.25, 0.3) is 4.85 Å². The van der Waals surface area contributed by atoms with Crippen molar-refractivity contribution in [1.29, 1.82) is 0 Å². The first kappa shape index (κ1) is 22.5. The molecule has 6 nitrogen and oxygen atoms in total. The molecule has 3 aromatic rings. The van der Waals surface area contributed by atoms with Gasteiger partial charge in [0, 0.05) is 37.6 Å². The van der Waals surface area contributed by atoms with Crippen LogP contribution >= 0.6 is 11.3 Å². The van der Waals surface area contributed by atoms with Crippen molar-refractivity contribution in [2.24, 2.45) is 4.99 Å². The fourth-order valence-electron chi connectivity index (χ4n) is 4.56. The maximum absolute atomic E-state index is 13.8. The molecule has 1 aromatic heterocycles. The molecular formula is C26H24N4O2S2. The van der Waals surface area contributed by atoms with E-state index in [0.717, 1.165) is 16.8 Å². The molecule has 3 heterocycles. The summed E-state index contributed by atoms with van der Waals surface area (Å²) in [6.45, 7) is 9.57. The molecule has 0 fully saturated rings. The summed E-state index contributed by atoms with van der Waals surface area (Å²) in [6.07, 6.45) is 4.46. The number of sulfonamides is 1. The summed E-state index contributed by atoms with van der Waals surface area (Å²) in [4.78, 5) is 10.2. The van der Waals surface area contributed by atoms with Crippen molar-refractivity contribution in [2.75, 3.05) is 24.5 Å². The molecule has 172 valence electrons. The number of benzene rings is 2. The van der Waals surface area contributed by atoms with Crippen LogP contribution in [0.3, 0.4) is 0 Å². The zero-order valence-electron chi connectivity index (χ0n) is 18.5. The van der Waals surface area contributed by atoms with Crippen molar-refractivity contribution in [3.8, 4) is 0 Å². The molecule has 0 aliphatic carbocycles. The van der Waals surface area contributed by atoms with Gasteiger partial charge in [0.25, 0.3) is 10.0 Å². The lowest BCUT2D eigenvalue weighted by molar-refractivity contribution is 0.320. The lowest BCUT2D eigenvalue weighted by Gasteiger charge is -2.32. The number of thiophene rings is 1. The van der Waals surface area contributed by atoms with E-state index in [4.69, 9.17) is 6.57 Å². The van der Waals surface area contributed by atoms with E-state index in [2.05, 4.69) is 14.7 Å². The molecule has 0 amide bonds. The first-order chi connectivity index (χ1) is 16.5. The maximum Gasteiger partial charge on any atom is 0.253 e. The van der Waals surface area contributed by atoms with Crippen molar-refractivity contribution >= 4 is 38.9 Å². The fraction of sp³-hybridized carbons (Fsp3) is 0.231. The number of hydrogen-bond donors (Lipinski definition) is 0. The number of fused-ring (bicyclic) bond motifs is 1. The molecule has 0 bridgehead atoms. The third kappa shape index (κ3) is 4.55. The van der Waals surface area contributed by atoms with Crippen LogP contribution < -0.4 is 4.90 Å². The molecule has 1 atom stereocenters. The molecule has 2 aliphatic rings. The van der Waals surface area contributed by atoms with E-state index < -0.39 is 10.0 Å². The van der Waals surface area contributed by atoms with Crippen LogP contribution in [0.15, 0.2) is 86.9 Å². The second-order valence-electron chi connectivity index (χ2n) is 8.45.